The Morgan fingerprint density at radius 1 is 0.886 bits per heavy atom. The predicted molar refractivity (Wildman–Crippen MR) is 165 cm³/mol. The third-order valence-corrected chi connectivity index (χ3v) is 7.75. The number of hydrogen-bond acceptors (Lipinski definition) is 10. The van der Waals surface area contributed by atoms with Gasteiger partial charge in [-0.2, -0.15) is 0 Å². The van der Waals surface area contributed by atoms with E-state index in [4.69, 9.17) is 25.7 Å². The minimum atomic E-state index is -3.35. The molecule has 0 saturated carbocycles. The first kappa shape index (κ1) is 30.9. The van der Waals surface area contributed by atoms with Crippen LogP contribution in [0.3, 0.4) is 0 Å². The number of ether oxygens (including phenoxy) is 2. The highest BCUT2D eigenvalue weighted by molar-refractivity contribution is 7.88. The first-order valence-electron chi connectivity index (χ1n) is 13.4. The Balaban J connectivity index is 1.40. The summed E-state index contributed by atoms with van der Waals surface area (Å²) in [5, 5.41) is 23.3. The minimum Gasteiger partial charge on any atom is -0.488 e. The smallest absolute Gasteiger partial charge is 0.311 e. The summed E-state index contributed by atoms with van der Waals surface area (Å²) in [6.07, 6.45) is 1.07. The second-order valence-corrected chi connectivity index (χ2v) is 12.0. The van der Waals surface area contributed by atoms with Crippen molar-refractivity contribution >= 4 is 38.3 Å². The van der Waals surface area contributed by atoms with Crippen LogP contribution in [0, 0.1) is 10.1 Å². The molecule has 2 N–H and O–H groups in total. The molecule has 0 aliphatic rings. The monoisotopic (exact) mass is 637 g/mol. The lowest BCUT2D eigenvalue weighted by molar-refractivity contribution is -0.386. The Bertz CT molecular complexity index is 1880. The van der Waals surface area contributed by atoms with Crippen molar-refractivity contribution in [2.45, 2.75) is 19.8 Å². The summed E-state index contributed by atoms with van der Waals surface area (Å²) in [6.45, 7) is 0.689. The Morgan fingerprint density at radius 2 is 1.66 bits per heavy atom. The highest BCUT2D eigenvalue weighted by Gasteiger charge is 2.22. The highest BCUT2D eigenvalue weighted by Crippen LogP contribution is 2.37. The summed E-state index contributed by atoms with van der Waals surface area (Å²) in [7, 11) is -3.35. The van der Waals surface area contributed by atoms with Gasteiger partial charge in [0.25, 0.3) is 0 Å². The number of rotatable bonds is 14. The van der Waals surface area contributed by atoms with Gasteiger partial charge < -0.3 is 14.8 Å². The van der Waals surface area contributed by atoms with Gasteiger partial charge in [-0.05, 0) is 33.6 Å². The van der Waals surface area contributed by atoms with E-state index in [2.05, 4.69) is 20.4 Å². The molecule has 0 saturated heterocycles. The first-order chi connectivity index (χ1) is 21.2. The first-order valence-corrected chi connectivity index (χ1v) is 15.7. The average Bonchev–Trinajstić information content (AvgIpc) is 3.47. The van der Waals surface area contributed by atoms with E-state index in [-0.39, 0.29) is 44.3 Å². The lowest BCUT2D eigenvalue weighted by Crippen LogP contribution is -2.30. The summed E-state index contributed by atoms with van der Waals surface area (Å²) in [5.41, 5.74) is 4.57. The van der Waals surface area contributed by atoms with Crippen LogP contribution in [-0.4, -0.2) is 43.0 Å². The zero-order chi connectivity index (χ0) is 31.1. The molecule has 0 amide bonds. The summed E-state index contributed by atoms with van der Waals surface area (Å²) >= 11 is 6.72. The van der Waals surface area contributed by atoms with E-state index in [1.807, 2.05) is 48.5 Å². The van der Waals surface area contributed by atoms with E-state index < -0.39 is 14.9 Å². The molecule has 44 heavy (non-hydrogen) atoms. The molecule has 1 heterocycles. The zero-order valence-electron chi connectivity index (χ0n) is 23.5. The molecule has 0 spiro atoms. The molecular formula is C30H28ClN5O7S. The number of halogens is 1. The number of fused-ring (bicyclic) bond motifs is 1. The number of nitro groups is 1. The SMILES string of the molecule is CS(=O)(=O)NCCNCc1cc([N+](=O)[O-])c(OCc2cccc(-c3ccccc3)c2Cl)cc1OCc1ccc2nonc2c1. The summed E-state index contributed by atoms with van der Waals surface area (Å²) in [4.78, 5) is 11.6. The van der Waals surface area contributed by atoms with Crippen molar-refractivity contribution in [1.82, 2.24) is 20.4 Å². The molecule has 5 aromatic rings. The highest BCUT2D eigenvalue weighted by atomic mass is 35.5. The maximum Gasteiger partial charge on any atom is 0.311 e. The number of sulfonamides is 1. The number of aromatic nitrogens is 2. The normalized spacial score (nSPS) is 11.5. The van der Waals surface area contributed by atoms with Crippen molar-refractivity contribution in [3.05, 3.63) is 111 Å². The third kappa shape index (κ3) is 7.88. The topological polar surface area (TPSA) is 159 Å². The standard InChI is InChI=1S/C30H28ClN5O7S/c1-44(39,40)33-13-12-32-17-23-15-27(36(37)38)29(16-28(23)41-18-20-10-11-25-26(14-20)35-43-34-25)42-19-22-8-5-9-24(30(22)31)21-6-3-2-4-7-21/h2-11,14-16,32-33H,12-13,17-19H2,1H3. The molecule has 0 radical (unpaired) electrons. The Morgan fingerprint density at radius 3 is 2.43 bits per heavy atom. The van der Waals surface area contributed by atoms with Crippen LogP contribution < -0.4 is 19.5 Å². The fourth-order valence-corrected chi connectivity index (χ4v) is 5.20. The van der Waals surface area contributed by atoms with Crippen LogP contribution in [-0.2, 0) is 29.8 Å². The number of nitro benzene ring substituents is 1. The average molecular weight is 638 g/mol. The van der Waals surface area contributed by atoms with Crippen molar-refractivity contribution in [2.75, 3.05) is 19.3 Å². The fraction of sp³-hybridized carbons (Fsp3) is 0.200. The predicted octanol–water partition coefficient (Wildman–Crippen LogP) is 5.25. The second kappa shape index (κ2) is 13.8. The van der Waals surface area contributed by atoms with E-state index in [1.54, 1.807) is 18.2 Å². The maximum atomic E-state index is 12.1. The van der Waals surface area contributed by atoms with E-state index >= 15 is 0 Å². The van der Waals surface area contributed by atoms with Gasteiger partial charge in [-0.3, -0.25) is 10.1 Å². The molecule has 1 aromatic heterocycles. The van der Waals surface area contributed by atoms with Crippen LogP contribution >= 0.6 is 11.6 Å². The molecule has 5 rings (SSSR count). The van der Waals surface area contributed by atoms with E-state index in [9.17, 15) is 18.5 Å². The van der Waals surface area contributed by atoms with Crippen LogP contribution in [0.15, 0.2) is 83.5 Å². The van der Waals surface area contributed by atoms with Crippen LogP contribution in [0.1, 0.15) is 16.7 Å². The van der Waals surface area contributed by atoms with E-state index in [1.165, 1.54) is 12.1 Å². The van der Waals surface area contributed by atoms with Crippen LogP contribution in [0.4, 0.5) is 5.69 Å². The van der Waals surface area contributed by atoms with Gasteiger partial charge in [0.05, 0.1) is 16.2 Å². The summed E-state index contributed by atoms with van der Waals surface area (Å²) < 4.78 is 42.0. The number of nitrogens with one attached hydrogen (secondary N) is 2. The van der Waals surface area contributed by atoms with Gasteiger partial charge in [0.1, 0.15) is 30.0 Å². The quantitative estimate of drug-likeness (QED) is 0.0935. The minimum absolute atomic E-state index is 0.00447. The van der Waals surface area contributed by atoms with Crippen LogP contribution in [0.2, 0.25) is 5.02 Å². The number of hydrogen-bond donors (Lipinski definition) is 2. The molecule has 4 aromatic carbocycles. The van der Waals surface area contributed by atoms with Gasteiger partial charge in [-0.1, -0.05) is 66.2 Å². The number of benzene rings is 4. The molecule has 14 heteroatoms. The molecule has 12 nitrogen and oxygen atoms in total. The summed E-state index contributed by atoms with van der Waals surface area (Å²) in [5.74, 6) is 0.349. The van der Waals surface area contributed by atoms with E-state index in [0.717, 1.165) is 22.9 Å². The van der Waals surface area contributed by atoms with Gasteiger partial charge >= 0.3 is 5.69 Å². The van der Waals surface area contributed by atoms with Crippen molar-refractivity contribution < 1.29 is 27.4 Å². The second-order valence-electron chi connectivity index (χ2n) is 9.84. The van der Waals surface area contributed by atoms with Gasteiger partial charge in [0.2, 0.25) is 15.8 Å². The molecule has 0 aliphatic heterocycles. The largest absolute Gasteiger partial charge is 0.488 e. The number of nitrogens with zero attached hydrogens (tertiary/aromatic N) is 3. The fourth-order valence-electron chi connectivity index (χ4n) is 4.44. The van der Waals surface area contributed by atoms with Crippen LogP contribution in [0.25, 0.3) is 22.2 Å². The van der Waals surface area contributed by atoms with Crippen LogP contribution in [0.5, 0.6) is 11.5 Å². The van der Waals surface area contributed by atoms with Gasteiger partial charge in [0.15, 0.2) is 0 Å². The molecular weight excluding hydrogens is 610 g/mol. The maximum absolute atomic E-state index is 12.1. The third-order valence-electron chi connectivity index (χ3n) is 6.58. The lowest BCUT2D eigenvalue weighted by Gasteiger charge is -2.16. The van der Waals surface area contributed by atoms with Crippen molar-refractivity contribution in [3.8, 4) is 22.6 Å². The molecule has 0 atom stereocenters. The molecule has 228 valence electrons. The van der Waals surface area contributed by atoms with Gasteiger partial charge in [0, 0.05) is 48.5 Å². The Hall–Kier alpha value is -4.56. The lowest BCUT2D eigenvalue weighted by atomic mass is 10.0. The van der Waals surface area contributed by atoms with Crippen molar-refractivity contribution in [2.24, 2.45) is 0 Å². The molecule has 0 fully saturated rings. The summed E-state index contributed by atoms with van der Waals surface area (Å²) in [6, 6.07) is 23.4. The zero-order valence-corrected chi connectivity index (χ0v) is 25.1. The van der Waals surface area contributed by atoms with Gasteiger partial charge in [-0.25, -0.2) is 17.8 Å². The Labute approximate surface area is 258 Å². The molecule has 0 aliphatic carbocycles. The van der Waals surface area contributed by atoms with E-state index in [0.29, 0.717) is 32.9 Å². The van der Waals surface area contributed by atoms with Crippen molar-refractivity contribution in [3.63, 3.8) is 0 Å². The Kier molecular flexibility index (Phi) is 9.70. The molecule has 0 unspecified atom stereocenters. The van der Waals surface area contributed by atoms with Gasteiger partial charge in [-0.15, -0.1) is 0 Å². The van der Waals surface area contributed by atoms with Crippen molar-refractivity contribution in [1.29, 1.82) is 0 Å². The molecule has 0 bridgehead atoms.